The number of Topliss-reactive ketones (excluding diaryl/α,β-unsaturated/α-hetero) is 1. The van der Waals surface area contributed by atoms with E-state index in [-0.39, 0.29) is 5.78 Å². The number of carbonyl (C=O) groups excluding carboxylic acids is 2. The maximum absolute atomic E-state index is 14.5. The van der Waals surface area contributed by atoms with Crippen molar-refractivity contribution in [2.75, 3.05) is 12.4 Å². The molecule has 4 aromatic rings. The summed E-state index contributed by atoms with van der Waals surface area (Å²) in [6, 6.07) is 21.2. The summed E-state index contributed by atoms with van der Waals surface area (Å²) in [4.78, 5) is 43.1. The van der Waals surface area contributed by atoms with Crippen LogP contribution in [0.25, 0.3) is 0 Å². The summed E-state index contributed by atoms with van der Waals surface area (Å²) in [6.07, 6.45) is 0. The van der Waals surface area contributed by atoms with Gasteiger partial charge in [0.25, 0.3) is 0 Å². The molecule has 0 bridgehead atoms. The van der Waals surface area contributed by atoms with Crippen LogP contribution in [0.5, 0.6) is 5.75 Å². The van der Waals surface area contributed by atoms with Crippen LogP contribution in [0, 0.1) is 38.0 Å². The SMILES string of the molecule is COc1ccc(C2C(C(=O)c3cc(C)oc3C)C(c3ccc(C#N)cc3)N(C(=O)Nc3cccc(C)c3)C2C(=O)O)cc1. The lowest BCUT2D eigenvalue weighted by molar-refractivity contribution is -0.142. The minimum Gasteiger partial charge on any atom is -0.497 e. The smallest absolute Gasteiger partial charge is 0.327 e. The van der Waals surface area contributed by atoms with Crippen molar-refractivity contribution < 1.29 is 28.6 Å². The Balaban J connectivity index is 1.74. The number of ether oxygens (including phenoxy) is 1. The molecular formula is C34H31N3O6. The molecule has 1 aliphatic rings. The first-order chi connectivity index (χ1) is 20.6. The number of ketones is 1. The van der Waals surface area contributed by atoms with Crippen molar-refractivity contribution in [3.8, 4) is 11.8 Å². The van der Waals surface area contributed by atoms with E-state index in [4.69, 9.17) is 9.15 Å². The largest absolute Gasteiger partial charge is 0.497 e. The first kappa shape index (κ1) is 29.1. The highest BCUT2D eigenvalue weighted by atomic mass is 16.5. The Morgan fingerprint density at radius 2 is 1.63 bits per heavy atom. The summed E-state index contributed by atoms with van der Waals surface area (Å²) in [5, 5.41) is 23.0. The summed E-state index contributed by atoms with van der Waals surface area (Å²) in [7, 11) is 1.53. The molecule has 0 saturated carbocycles. The van der Waals surface area contributed by atoms with Crippen LogP contribution >= 0.6 is 0 Å². The highest BCUT2D eigenvalue weighted by Crippen LogP contribution is 2.52. The van der Waals surface area contributed by atoms with E-state index >= 15 is 0 Å². The lowest BCUT2D eigenvalue weighted by atomic mass is 9.76. The summed E-state index contributed by atoms with van der Waals surface area (Å²) >= 11 is 0. The van der Waals surface area contributed by atoms with E-state index in [2.05, 4.69) is 11.4 Å². The Hall–Kier alpha value is -5.36. The number of furan rings is 1. The van der Waals surface area contributed by atoms with Gasteiger partial charge in [0.15, 0.2) is 5.78 Å². The quantitative estimate of drug-likeness (QED) is 0.243. The molecule has 2 amide bonds. The van der Waals surface area contributed by atoms with Gasteiger partial charge in [-0.25, -0.2) is 9.59 Å². The molecule has 2 N–H and O–H groups in total. The van der Waals surface area contributed by atoms with Gasteiger partial charge in [-0.3, -0.25) is 4.79 Å². The van der Waals surface area contributed by atoms with Crippen molar-refractivity contribution in [2.24, 2.45) is 5.92 Å². The van der Waals surface area contributed by atoms with Crippen molar-refractivity contribution in [3.05, 3.63) is 118 Å². The molecular weight excluding hydrogens is 546 g/mol. The van der Waals surface area contributed by atoms with Crippen LogP contribution in [-0.2, 0) is 4.79 Å². The van der Waals surface area contributed by atoms with Gasteiger partial charge < -0.3 is 24.5 Å². The summed E-state index contributed by atoms with van der Waals surface area (Å²) in [5.41, 5.74) is 3.20. The van der Waals surface area contributed by atoms with Gasteiger partial charge in [-0.1, -0.05) is 36.4 Å². The number of rotatable bonds is 7. The topological polar surface area (TPSA) is 133 Å². The summed E-state index contributed by atoms with van der Waals surface area (Å²) in [5.74, 6) is -2.04. The minimum atomic E-state index is -1.42. The molecule has 9 heteroatoms. The second kappa shape index (κ2) is 11.9. The van der Waals surface area contributed by atoms with Crippen molar-refractivity contribution in [1.82, 2.24) is 4.90 Å². The molecule has 0 radical (unpaired) electrons. The molecule has 3 aromatic carbocycles. The second-order valence-electron chi connectivity index (χ2n) is 10.7. The third-order valence-electron chi connectivity index (χ3n) is 7.91. The zero-order chi connectivity index (χ0) is 30.8. The van der Waals surface area contributed by atoms with Gasteiger partial charge in [-0.05, 0) is 79.9 Å². The Kier molecular flexibility index (Phi) is 8.04. The maximum atomic E-state index is 14.5. The first-order valence-corrected chi connectivity index (χ1v) is 13.8. The zero-order valence-electron chi connectivity index (χ0n) is 24.2. The fourth-order valence-corrected chi connectivity index (χ4v) is 6.05. The van der Waals surface area contributed by atoms with Crippen LogP contribution in [0.3, 0.4) is 0 Å². The van der Waals surface area contributed by atoms with Gasteiger partial charge in [-0.15, -0.1) is 0 Å². The van der Waals surface area contributed by atoms with E-state index in [1.54, 1.807) is 86.6 Å². The summed E-state index contributed by atoms with van der Waals surface area (Å²) < 4.78 is 11.0. The van der Waals surface area contributed by atoms with E-state index in [1.807, 2.05) is 13.0 Å². The van der Waals surface area contributed by atoms with Crippen molar-refractivity contribution in [1.29, 1.82) is 5.26 Å². The number of nitriles is 1. The molecule has 1 aromatic heterocycles. The Morgan fingerprint density at radius 3 is 2.19 bits per heavy atom. The van der Waals surface area contributed by atoms with Gasteiger partial charge >= 0.3 is 12.0 Å². The van der Waals surface area contributed by atoms with Gasteiger partial charge in [-0.2, -0.15) is 5.26 Å². The number of urea groups is 1. The van der Waals surface area contributed by atoms with Crippen molar-refractivity contribution >= 4 is 23.5 Å². The number of carbonyl (C=O) groups is 3. The van der Waals surface area contributed by atoms with Crippen molar-refractivity contribution in [2.45, 2.75) is 38.8 Å². The fraction of sp³-hybridized carbons (Fsp3) is 0.235. The Morgan fingerprint density at radius 1 is 0.953 bits per heavy atom. The van der Waals surface area contributed by atoms with Crippen LogP contribution in [0.2, 0.25) is 0 Å². The van der Waals surface area contributed by atoms with Crippen LogP contribution < -0.4 is 10.1 Å². The number of carboxylic acid groups (broad SMARTS) is 1. The molecule has 1 aliphatic heterocycles. The number of hydrogen-bond acceptors (Lipinski definition) is 6. The Bertz CT molecular complexity index is 1720. The lowest BCUT2D eigenvalue weighted by Gasteiger charge is -2.30. The number of aryl methyl sites for hydroxylation is 3. The van der Waals surface area contributed by atoms with Gasteiger partial charge in [0.05, 0.1) is 36.3 Å². The number of nitrogens with zero attached hydrogens (tertiary/aromatic N) is 2. The van der Waals surface area contributed by atoms with Crippen LogP contribution in [0.1, 0.15) is 56.1 Å². The van der Waals surface area contributed by atoms with E-state index in [0.717, 1.165) is 5.56 Å². The van der Waals surface area contributed by atoms with Crippen molar-refractivity contribution in [3.63, 3.8) is 0 Å². The minimum absolute atomic E-state index is 0.324. The molecule has 218 valence electrons. The number of likely N-dealkylation sites (tertiary alicyclic amines) is 1. The molecule has 4 atom stereocenters. The number of amides is 2. The average Bonchev–Trinajstić information content (AvgIpc) is 3.54. The number of nitrogens with one attached hydrogen (secondary N) is 1. The number of carboxylic acids is 1. The van der Waals surface area contributed by atoms with Gasteiger partial charge in [0.2, 0.25) is 0 Å². The van der Waals surface area contributed by atoms with Crippen LogP contribution in [0.4, 0.5) is 10.5 Å². The number of anilines is 1. The van der Waals surface area contributed by atoms with E-state index in [0.29, 0.717) is 45.2 Å². The lowest BCUT2D eigenvalue weighted by Crippen LogP contribution is -2.45. The van der Waals surface area contributed by atoms with E-state index in [9.17, 15) is 24.8 Å². The molecule has 43 heavy (non-hydrogen) atoms. The number of benzene rings is 3. The molecule has 1 saturated heterocycles. The van der Waals surface area contributed by atoms with Crippen LogP contribution in [-0.4, -0.2) is 40.9 Å². The molecule has 1 fully saturated rings. The van der Waals surface area contributed by atoms with E-state index in [1.165, 1.54) is 12.0 Å². The monoisotopic (exact) mass is 577 g/mol. The molecule has 4 unspecified atom stereocenters. The number of methoxy groups -OCH3 is 1. The average molecular weight is 578 g/mol. The maximum Gasteiger partial charge on any atom is 0.327 e. The molecule has 0 aliphatic carbocycles. The van der Waals surface area contributed by atoms with E-state index < -0.39 is 35.9 Å². The highest BCUT2D eigenvalue weighted by Gasteiger charge is 2.58. The summed E-state index contributed by atoms with van der Waals surface area (Å²) in [6.45, 7) is 5.30. The van der Waals surface area contributed by atoms with Gasteiger partial charge in [0, 0.05) is 11.6 Å². The molecule has 9 nitrogen and oxygen atoms in total. The third-order valence-corrected chi connectivity index (χ3v) is 7.91. The first-order valence-electron chi connectivity index (χ1n) is 13.8. The second-order valence-corrected chi connectivity index (χ2v) is 10.7. The van der Waals surface area contributed by atoms with Gasteiger partial charge in [0.1, 0.15) is 23.3 Å². The zero-order valence-corrected chi connectivity index (χ0v) is 24.2. The third kappa shape index (κ3) is 5.60. The predicted molar refractivity (Wildman–Crippen MR) is 159 cm³/mol. The highest BCUT2D eigenvalue weighted by molar-refractivity contribution is 6.03. The molecule has 5 rings (SSSR count). The molecule has 2 heterocycles. The normalized spacial score (nSPS) is 19.5. The Labute approximate surface area is 249 Å². The fourth-order valence-electron chi connectivity index (χ4n) is 6.05. The predicted octanol–water partition coefficient (Wildman–Crippen LogP) is 6.41. The standard InChI is InChI=1S/C34H31N3O6/c1-19-6-5-7-25(16-19)36-34(41)37-30(24-10-8-22(18-35)9-11-24)29(32(38)27-17-20(2)43-21(27)3)28(31(37)33(39)40)23-12-14-26(42-4)15-13-23/h5-17,28-31H,1-4H3,(H,36,41)(H,39,40). The van der Waals surface area contributed by atoms with Crippen LogP contribution in [0.15, 0.2) is 83.3 Å². The number of hydrogen-bond donors (Lipinski definition) is 2. The molecule has 0 spiro atoms. The number of aliphatic carboxylic acids is 1.